The highest BCUT2D eigenvalue weighted by Crippen LogP contribution is 2.10. The van der Waals surface area contributed by atoms with Crippen molar-refractivity contribution in [2.75, 3.05) is 0 Å². The zero-order valence-corrected chi connectivity index (χ0v) is 9.24. The van der Waals surface area contributed by atoms with E-state index < -0.39 is 5.91 Å². The van der Waals surface area contributed by atoms with Crippen molar-refractivity contribution in [2.24, 2.45) is 5.73 Å². The lowest BCUT2D eigenvalue weighted by atomic mass is 10.1. The van der Waals surface area contributed by atoms with Crippen LogP contribution in [0, 0.1) is 0 Å². The van der Waals surface area contributed by atoms with Crippen LogP contribution in [0.4, 0.5) is 0 Å². The molecule has 1 heterocycles. The molecule has 0 fully saturated rings. The zero-order chi connectivity index (χ0) is 11.1. The Balaban J connectivity index is 0.000000791. The van der Waals surface area contributed by atoms with Gasteiger partial charge in [0.05, 0.1) is 0 Å². The van der Waals surface area contributed by atoms with E-state index in [1.807, 2.05) is 33.8 Å². The Bertz CT molecular complexity index is 295. The molecule has 0 aliphatic heterocycles. The summed E-state index contributed by atoms with van der Waals surface area (Å²) in [5, 5.41) is 0. The van der Waals surface area contributed by atoms with Crippen LogP contribution in [0.25, 0.3) is 0 Å². The van der Waals surface area contributed by atoms with Crippen molar-refractivity contribution in [3.63, 3.8) is 0 Å². The van der Waals surface area contributed by atoms with Crippen LogP contribution in [0.1, 0.15) is 49.8 Å². The minimum Gasteiger partial charge on any atom is -0.364 e. The Morgan fingerprint density at radius 2 is 1.93 bits per heavy atom. The van der Waals surface area contributed by atoms with Crippen LogP contribution in [0.3, 0.4) is 0 Å². The summed E-state index contributed by atoms with van der Waals surface area (Å²) in [7, 11) is 0. The molecule has 1 amide bonds. The van der Waals surface area contributed by atoms with Gasteiger partial charge in [-0.1, -0.05) is 33.8 Å². The van der Waals surface area contributed by atoms with Crippen molar-refractivity contribution in [1.29, 1.82) is 0 Å². The fraction of sp³-hybridized carbons (Fsp3) is 0.455. The van der Waals surface area contributed by atoms with E-state index in [0.717, 1.165) is 5.69 Å². The van der Waals surface area contributed by atoms with Crippen LogP contribution in [0.2, 0.25) is 0 Å². The molecular weight excluding hydrogens is 176 g/mol. The molecule has 0 aliphatic carbocycles. The summed E-state index contributed by atoms with van der Waals surface area (Å²) in [5.74, 6) is -0.151. The number of pyridine rings is 1. The molecule has 0 saturated carbocycles. The second-order valence-electron chi connectivity index (χ2n) is 2.97. The number of rotatable bonds is 2. The first kappa shape index (κ1) is 12.6. The van der Waals surface area contributed by atoms with E-state index in [4.69, 9.17) is 5.73 Å². The predicted octanol–water partition coefficient (Wildman–Crippen LogP) is 2.33. The van der Waals surface area contributed by atoms with Gasteiger partial charge in [-0.05, 0) is 18.1 Å². The summed E-state index contributed by atoms with van der Waals surface area (Å²) in [6.45, 7) is 8.04. The van der Waals surface area contributed by atoms with Crippen molar-refractivity contribution in [2.45, 2.75) is 33.6 Å². The molecule has 14 heavy (non-hydrogen) atoms. The third-order valence-electron chi connectivity index (χ3n) is 1.61. The van der Waals surface area contributed by atoms with Gasteiger partial charge in [0.2, 0.25) is 0 Å². The minimum atomic E-state index is -0.475. The maximum Gasteiger partial charge on any atom is 0.267 e. The molecule has 1 aromatic heterocycles. The maximum absolute atomic E-state index is 10.7. The van der Waals surface area contributed by atoms with Gasteiger partial charge in [-0.3, -0.25) is 4.79 Å². The Hall–Kier alpha value is -1.38. The number of hydrogen-bond acceptors (Lipinski definition) is 2. The summed E-state index contributed by atoms with van der Waals surface area (Å²) in [6.07, 6.45) is 0. The van der Waals surface area contributed by atoms with Crippen LogP contribution in [-0.4, -0.2) is 10.9 Å². The van der Waals surface area contributed by atoms with Crippen LogP contribution in [-0.2, 0) is 0 Å². The van der Waals surface area contributed by atoms with Crippen LogP contribution in [0.5, 0.6) is 0 Å². The number of hydrogen-bond donors (Lipinski definition) is 1. The summed E-state index contributed by atoms with van der Waals surface area (Å²) >= 11 is 0. The van der Waals surface area contributed by atoms with E-state index in [1.54, 1.807) is 12.1 Å². The molecule has 78 valence electrons. The molecule has 0 unspecified atom stereocenters. The molecule has 1 aromatic rings. The summed E-state index contributed by atoms with van der Waals surface area (Å²) in [4.78, 5) is 14.8. The average molecular weight is 194 g/mol. The topological polar surface area (TPSA) is 56.0 Å². The van der Waals surface area contributed by atoms with E-state index in [2.05, 4.69) is 4.98 Å². The second kappa shape index (κ2) is 6.13. The van der Waals surface area contributed by atoms with E-state index in [9.17, 15) is 4.79 Å². The quantitative estimate of drug-likeness (QED) is 0.785. The van der Waals surface area contributed by atoms with Gasteiger partial charge in [0.15, 0.2) is 0 Å². The molecule has 3 heteroatoms. The molecule has 0 atom stereocenters. The average Bonchev–Trinajstić information content (AvgIpc) is 2.21. The third-order valence-corrected chi connectivity index (χ3v) is 1.61. The van der Waals surface area contributed by atoms with Gasteiger partial charge >= 0.3 is 0 Å². The molecule has 0 spiro atoms. The minimum absolute atomic E-state index is 0.323. The van der Waals surface area contributed by atoms with Gasteiger partial charge in [0, 0.05) is 5.69 Å². The van der Waals surface area contributed by atoms with Crippen LogP contribution < -0.4 is 5.73 Å². The Labute approximate surface area is 85.3 Å². The summed E-state index contributed by atoms with van der Waals surface area (Å²) < 4.78 is 0. The smallest absolute Gasteiger partial charge is 0.267 e. The fourth-order valence-electron chi connectivity index (χ4n) is 0.910. The third kappa shape index (κ3) is 3.56. The van der Waals surface area contributed by atoms with Crippen molar-refractivity contribution >= 4 is 5.91 Å². The van der Waals surface area contributed by atoms with Crippen molar-refractivity contribution in [3.05, 3.63) is 29.6 Å². The number of carbonyl (C=O) groups is 1. The lowest BCUT2D eigenvalue weighted by molar-refractivity contribution is 0.0995. The largest absolute Gasteiger partial charge is 0.364 e. The number of aromatic nitrogens is 1. The highest BCUT2D eigenvalue weighted by atomic mass is 16.1. The number of nitrogens with two attached hydrogens (primary N) is 1. The molecule has 0 bridgehead atoms. The molecular formula is C11H18N2O. The molecule has 2 N–H and O–H groups in total. The monoisotopic (exact) mass is 194 g/mol. The predicted molar refractivity (Wildman–Crippen MR) is 58.2 cm³/mol. The zero-order valence-electron chi connectivity index (χ0n) is 9.24. The number of carbonyl (C=O) groups excluding carboxylic acids is 1. The maximum atomic E-state index is 10.7. The van der Waals surface area contributed by atoms with E-state index >= 15 is 0 Å². The first-order valence-corrected chi connectivity index (χ1v) is 4.88. The normalized spacial score (nSPS) is 9.21. The molecule has 0 radical (unpaired) electrons. The van der Waals surface area contributed by atoms with Gasteiger partial charge in [0.25, 0.3) is 5.91 Å². The highest BCUT2D eigenvalue weighted by molar-refractivity contribution is 5.90. The molecule has 0 saturated heterocycles. The lowest BCUT2D eigenvalue weighted by Gasteiger charge is -2.04. The molecule has 1 rings (SSSR count). The fourth-order valence-corrected chi connectivity index (χ4v) is 0.910. The molecule has 3 nitrogen and oxygen atoms in total. The Morgan fingerprint density at radius 3 is 2.36 bits per heavy atom. The SMILES string of the molecule is CC.CC(C)c1cccc(C(N)=O)n1. The van der Waals surface area contributed by atoms with E-state index in [1.165, 1.54) is 0 Å². The summed E-state index contributed by atoms with van der Waals surface area (Å²) in [6, 6.07) is 5.30. The lowest BCUT2D eigenvalue weighted by Crippen LogP contribution is -2.13. The first-order chi connectivity index (χ1) is 6.61. The van der Waals surface area contributed by atoms with E-state index in [-0.39, 0.29) is 0 Å². The van der Waals surface area contributed by atoms with Gasteiger partial charge in [-0.2, -0.15) is 0 Å². The van der Waals surface area contributed by atoms with Crippen molar-refractivity contribution in [1.82, 2.24) is 4.98 Å². The van der Waals surface area contributed by atoms with E-state index in [0.29, 0.717) is 11.6 Å². The van der Waals surface area contributed by atoms with Gasteiger partial charge < -0.3 is 5.73 Å². The first-order valence-electron chi connectivity index (χ1n) is 4.88. The van der Waals surface area contributed by atoms with Gasteiger partial charge in [-0.25, -0.2) is 4.98 Å². The Kier molecular flexibility index (Phi) is 5.53. The van der Waals surface area contributed by atoms with Crippen molar-refractivity contribution < 1.29 is 4.79 Å². The van der Waals surface area contributed by atoms with Crippen LogP contribution >= 0.6 is 0 Å². The molecule has 0 aromatic carbocycles. The van der Waals surface area contributed by atoms with Gasteiger partial charge in [-0.15, -0.1) is 0 Å². The highest BCUT2D eigenvalue weighted by Gasteiger charge is 2.04. The Morgan fingerprint density at radius 1 is 1.36 bits per heavy atom. The van der Waals surface area contributed by atoms with Crippen molar-refractivity contribution in [3.8, 4) is 0 Å². The molecule has 0 aliphatic rings. The summed E-state index contributed by atoms with van der Waals surface area (Å²) in [5.41, 5.74) is 6.31. The second-order valence-corrected chi connectivity index (χ2v) is 2.97. The van der Waals surface area contributed by atoms with Gasteiger partial charge in [0.1, 0.15) is 5.69 Å². The van der Waals surface area contributed by atoms with Crippen LogP contribution in [0.15, 0.2) is 18.2 Å². The number of nitrogens with zero attached hydrogens (tertiary/aromatic N) is 1. The standard InChI is InChI=1S/C9H12N2O.C2H6/c1-6(2)7-4-3-5-8(11-7)9(10)12;1-2/h3-6H,1-2H3,(H2,10,12);1-2H3. The number of primary amides is 1. The number of amides is 1.